The molecule has 0 unspecified atom stereocenters. The molecule has 0 radical (unpaired) electrons. The maximum absolute atomic E-state index is 11.4. The van der Waals surface area contributed by atoms with Gasteiger partial charge in [-0.1, -0.05) is 19.9 Å². The van der Waals surface area contributed by atoms with E-state index in [9.17, 15) is 9.90 Å². The fourth-order valence-electron chi connectivity index (χ4n) is 2.39. The molecule has 0 atom stereocenters. The minimum absolute atomic E-state index is 0.313. The Balaban J connectivity index is 2.87. The molecule has 1 aromatic heterocycles. The second kappa shape index (κ2) is 4.48. The van der Waals surface area contributed by atoms with Crippen LogP contribution in [-0.2, 0) is 0 Å². The molecular weight excluding hydrogens is 226 g/mol. The number of aromatic nitrogens is 1. The molecule has 0 amide bonds. The number of aromatic carboxylic acids is 1. The van der Waals surface area contributed by atoms with E-state index in [2.05, 4.69) is 38.5 Å². The van der Waals surface area contributed by atoms with Crippen molar-refractivity contribution in [2.75, 3.05) is 0 Å². The van der Waals surface area contributed by atoms with Crippen LogP contribution in [0.4, 0.5) is 0 Å². The smallest absolute Gasteiger partial charge is 0.336 e. The molecule has 2 rings (SSSR count). The molecule has 0 saturated carbocycles. The van der Waals surface area contributed by atoms with E-state index >= 15 is 0 Å². The highest BCUT2D eigenvalue weighted by atomic mass is 16.4. The molecule has 0 spiro atoms. The van der Waals surface area contributed by atoms with Crippen molar-refractivity contribution in [3.05, 3.63) is 35.5 Å². The molecule has 18 heavy (non-hydrogen) atoms. The lowest BCUT2D eigenvalue weighted by Crippen LogP contribution is -2.00. The first kappa shape index (κ1) is 12.7. The first-order valence-electron chi connectivity index (χ1n) is 6.30. The van der Waals surface area contributed by atoms with E-state index in [1.165, 1.54) is 0 Å². The van der Waals surface area contributed by atoms with Crippen LogP contribution in [0, 0.1) is 0 Å². The van der Waals surface area contributed by atoms with Gasteiger partial charge < -0.3 is 9.67 Å². The predicted molar refractivity (Wildman–Crippen MR) is 73.4 cm³/mol. The molecule has 3 heteroatoms. The summed E-state index contributed by atoms with van der Waals surface area (Å²) >= 11 is 0. The van der Waals surface area contributed by atoms with Crippen molar-refractivity contribution < 1.29 is 9.90 Å². The Morgan fingerprint density at radius 1 is 1.22 bits per heavy atom. The number of rotatable bonds is 3. The maximum Gasteiger partial charge on any atom is 0.336 e. The van der Waals surface area contributed by atoms with Crippen LogP contribution in [0.1, 0.15) is 55.6 Å². The van der Waals surface area contributed by atoms with Crippen molar-refractivity contribution in [1.29, 1.82) is 0 Å². The number of benzene rings is 1. The molecule has 3 nitrogen and oxygen atoms in total. The largest absolute Gasteiger partial charge is 0.478 e. The lowest BCUT2D eigenvalue weighted by Gasteiger charge is -2.09. The Kier molecular flexibility index (Phi) is 3.16. The van der Waals surface area contributed by atoms with Crippen LogP contribution < -0.4 is 0 Å². The molecule has 2 aromatic rings. The third kappa shape index (κ3) is 1.90. The normalized spacial score (nSPS) is 11.7. The van der Waals surface area contributed by atoms with Crippen LogP contribution in [0.3, 0.4) is 0 Å². The standard InChI is InChI=1S/C15H19NO2/c1-9(2)12-8-16(10(3)4)13-7-5-6-11(14(12)13)15(17)18/h5-10H,1-4H3,(H,17,18). The molecule has 96 valence electrons. The second-order valence-corrected chi connectivity index (χ2v) is 5.25. The number of hydrogen-bond acceptors (Lipinski definition) is 1. The summed E-state index contributed by atoms with van der Waals surface area (Å²) in [6.07, 6.45) is 2.09. The highest BCUT2D eigenvalue weighted by Crippen LogP contribution is 2.32. The van der Waals surface area contributed by atoms with Gasteiger partial charge in [-0.05, 0) is 37.5 Å². The minimum Gasteiger partial charge on any atom is -0.478 e. The molecule has 1 N–H and O–H groups in total. The number of carboxylic acid groups (broad SMARTS) is 1. The molecule has 1 heterocycles. The zero-order chi connectivity index (χ0) is 13.4. The molecule has 0 bridgehead atoms. The van der Waals surface area contributed by atoms with Gasteiger partial charge in [0.2, 0.25) is 0 Å². The van der Waals surface area contributed by atoms with Crippen molar-refractivity contribution in [1.82, 2.24) is 4.57 Å². The predicted octanol–water partition coefficient (Wildman–Crippen LogP) is 4.04. The van der Waals surface area contributed by atoms with Crippen LogP contribution >= 0.6 is 0 Å². The molecule has 0 aliphatic rings. The minimum atomic E-state index is -0.857. The Hall–Kier alpha value is -1.77. The van der Waals surface area contributed by atoms with E-state index in [0.29, 0.717) is 17.5 Å². The third-order valence-electron chi connectivity index (χ3n) is 3.30. The third-order valence-corrected chi connectivity index (χ3v) is 3.30. The summed E-state index contributed by atoms with van der Waals surface area (Å²) in [6.45, 7) is 8.41. The van der Waals surface area contributed by atoms with E-state index in [4.69, 9.17) is 0 Å². The van der Waals surface area contributed by atoms with Gasteiger partial charge in [-0.15, -0.1) is 0 Å². The summed E-state index contributed by atoms with van der Waals surface area (Å²) in [5.41, 5.74) is 2.51. The van der Waals surface area contributed by atoms with Crippen LogP contribution in [0.5, 0.6) is 0 Å². The van der Waals surface area contributed by atoms with Gasteiger partial charge in [-0.3, -0.25) is 0 Å². The van der Waals surface area contributed by atoms with Gasteiger partial charge >= 0.3 is 5.97 Å². The van der Waals surface area contributed by atoms with Crippen LogP contribution in [-0.4, -0.2) is 15.6 Å². The van der Waals surface area contributed by atoms with Gasteiger partial charge in [0, 0.05) is 23.1 Å². The molecule has 0 aliphatic heterocycles. The lowest BCUT2D eigenvalue weighted by atomic mass is 9.99. The lowest BCUT2D eigenvalue weighted by molar-refractivity contribution is 0.0699. The summed E-state index contributed by atoms with van der Waals surface area (Å²) in [4.78, 5) is 11.4. The van der Waals surface area contributed by atoms with Gasteiger partial charge in [-0.2, -0.15) is 0 Å². The molecule has 1 aromatic carbocycles. The summed E-state index contributed by atoms with van der Waals surface area (Å²) < 4.78 is 2.15. The molecule has 0 fully saturated rings. The summed E-state index contributed by atoms with van der Waals surface area (Å²) in [5, 5.41) is 10.2. The van der Waals surface area contributed by atoms with Crippen LogP contribution in [0.25, 0.3) is 10.9 Å². The Bertz CT molecular complexity index is 594. The van der Waals surface area contributed by atoms with E-state index in [1.807, 2.05) is 12.1 Å². The van der Waals surface area contributed by atoms with Gasteiger partial charge in [0.25, 0.3) is 0 Å². The molecule has 0 saturated heterocycles. The second-order valence-electron chi connectivity index (χ2n) is 5.25. The van der Waals surface area contributed by atoms with Crippen LogP contribution in [0.15, 0.2) is 24.4 Å². The van der Waals surface area contributed by atoms with Crippen molar-refractivity contribution in [3.63, 3.8) is 0 Å². The Morgan fingerprint density at radius 2 is 1.89 bits per heavy atom. The molecular formula is C15H19NO2. The van der Waals surface area contributed by atoms with Crippen molar-refractivity contribution in [2.45, 2.75) is 39.7 Å². The highest BCUT2D eigenvalue weighted by Gasteiger charge is 2.18. The number of fused-ring (bicyclic) bond motifs is 1. The number of nitrogens with zero attached hydrogens (tertiary/aromatic N) is 1. The average Bonchev–Trinajstić information content (AvgIpc) is 2.67. The SMILES string of the molecule is CC(C)c1cn(C(C)C)c2cccc(C(=O)O)c12. The molecule has 0 aliphatic carbocycles. The van der Waals surface area contributed by atoms with Crippen molar-refractivity contribution in [2.24, 2.45) is 0 Å². The fourth-order valence-corrected chi connectivity index (χ4v) is 2.39. The average molecular weight is 245 g/mol. The maximum atomic E-state index is 11.4. The Morgan fingerprint density at radius 3 is 2.39 bits per heavy atom. The van der Waals surface area contributed by atoms with Crippen molar-refractivity contribution in [3.8, 4) is 0 Å². The van der Waals surface area contributed by atoms with E-state index < -0.39 is 5.97 Å². The topological polar surface area (TPSA) is 42.2 Å². The Labute approximate surface area is 107 Å². The number of carboxylic acids is 1. The number of carbonyl (C=O) groups is 1. The van der Waals surface area contributed by atoms with E-state index in [1.54, 1.807) is 6.07 Å². The zero-order valence-corrected chi connectivity index (χ0v) is 11.3. The summed E-state index contributed by atoms with van der Waals surface area (Å²) in [5.74, 6) is -0.544. The summed E-state index contributed by atoms with van der Waals surface area (Å²) in [7, 11) is 0. The van der Waals surface area contributed by atoms with Gasteiger partial charge in [0.05, 0.1) is 5.56 Å². The first-order valence-corrected chi connectivity index (χ1v) is 6.30. The fraction of sp³-hybridized carbons (Fsp3) is 0.400. The van der Waals surface area contributed by atoms with E-state index in [-0.39, 0.29) is 0 Å². The first-order chi connectivity index (χ1) is 8.43. The van der Waals surface area contributed by atoms with Gasteiger partial charge in [0.1, 0.15) is 0 Å². The van der Waals surface area contributed by atoms with E-state index in [0.717, 1.165) is 16.5 Å². The zero-order valence-electron chi connectivity index (χ0n) is 11.3. The van der Waals surface area contributed by atoms with Crippen LogP contribution in [0.2, 0.25) is 0 Å². The quantitative estimate of drug-likeness (QED) is 0.886. The van der Waals surface area contributed by atoms with Crippen molar-refractivity contribution >= 4 is 16.9 Å². The van der Waals surface area contributed by atoms with Gasteiger partial charge in [-0.25, -0.2) is 4.79 Å². The monoisotopic (exact) mass is 245 g/mol. The summed E-state index contributed by atoms with van der Waals surface area (Å²) in [6, 6.07) is 5.81. The highest BCUT2D eigenvalue weighted by molar-refractivity contribution is 6.04. The number of hydrogen-bond donors (Lipinski definition) is 1. The van der Waals surface area contributed by atoms with Gasteiger partial charge in [0.15, 0.2) is 0 Å².